The average molecular weight is 381 g/mol. The van der Waals surface area contributed by atoms with Crippen molar-refractivity contribution in [2.75, 3.05) is 12.1 Å². The Morgan fingerprint density at radius 1 is 1.11 bits per heavy atom. The van der Waals surface area contributed by atoms with E-state index in [1.807, 2.05) is 0 Å². The molecule has 0 saturated heterocycles. The minimum absolute atomic E-state index is 0.138. The topological polar surface area (TPSA) is 82.4 Å². The van der Waals surface area contributed by atoms with Crippen LogP contribution in [0.5, 0.6) is 11.5 Å². The molecule has 1 amide bonds. The highest BCUT2D eigenvalue weighted by molar-refractivity contribution is 5.93. The van der Waals surface area contributed by atoms with E-state index in [-0.39, 0.29) is 12.6 Å². The summed E-state index contributed by atoms with van der Waals surface area (Å²) in [6.45, 7) is 1.71. The Hall–Kier alpha value is -3.68. The quantitative estimate of drug-likeness (QED) is 0.751. The van der Waals surface area contributed by atoms with E-state index >= 15 is 0 Å². The number of ether oxygens (including phenoxy) is 2. The Labute approximate surface area is 159 Å². The molecule has 4 rings (SSSR count). The summed E-state index contributed by atoms with van der Waals surface area (Å²) in [5, 5.41) is 7.01. The zero-order valence-corrected chi connectivity index (χ0v) is 14.9. The van der Waals surface area contributed by atoms with Gasteiger partial charge in [0.25, 0.3) is 5.56 Å². The number of carbonyl (C=O) groups is 1. The van der Waals surface area contributed by atoms with Crippen LogP contribution in [0.1, 0.15) is 13.0 Å². The lowest BCUT2D eigenvalue weighted by molar-refractivity contribution is -0.119. The van der Waals surface area contributed by atoms with E-state index in [0.29, 0.717) is 28.4 Å². The Kier molecular flexibility index (Phi) is 4.52. The molecule has 8 heteroatoms. The molecule has 3 aromatic rings. The molecule has 1 unspecified atom stereocenters. The summed E-state index contributed by atoms with van der Waals surface area (Å²) in [7, 11) is 0. The monoisotopic (exact) mass is 381 g/mol. The number of anilines is 1. The molecular weight excluding hydrogens is 365 g/mol. The van der Waals surface area contributed by atoms with Gasteiger partial charge in [0.1, 0.15) is 11.9 Å². The van der Waals surface area contributed by atoms with Gasteiger partial charge in [0.05, 0.1) is 5.69 Å². The fourth-order valence-corrected chi connectivity index (χ4v) is 2.81. The van der Waals surface area contributed by atoms with E-state index in [1.165, 1.54) is 24.3 Å². The van der Waals surface area contributed by atoms with Gasteiger partial charge < -0.3 is 14.8 Å². The lowest BCUT2D eigenvalue weighted by Crippen LogP contribution is -2.33. The van der Waals surface area contributed by atoms with E-state index < -0.39 is 17.5 Å². The van der Waals surface area contributed by atoms with E-state index in [4.69, 9.17) is 9.47 Å². The molecule has 1 aliphatic rings. The van der Waals surface area contributed by atoms with Crippen LogP contribution >= 0.6 is 0 Å². The Morgan fingerprint density at radius 3 is 2.64 bits per heavy atom. The van der Waals surface area contributed by atoms with E-state index in [9.17, 15) is 14.0 Å². The fourth-order valence-electron chi connectivity index (χ4n) is 2.81. The molecule has 2 heterocycles. The number of fused-ring (bicyclic) bond motifs is 1. The van der Waals surface area contributed by atoms with Crippen molar-refractivity contribution in [3.8, 4) is 22.8 Å². The first-order valence-corrected chi connectivity index (χ1v) is 8.57. The molecule has 28 heavy (non-hydrogen) atoms. The summed E-state index contributed by atoms with van der Waals surface area (Å²) in [5.41, 5.74) is 1.20. The standard InChI is InChI=1S/C20H16FN3O4/c1-12(20(26)22-15-6-8-17-18(10-15)28-11-27-17)24-19(25)9-7-16(23-24)13-2-4-14(21)5-3-13/h2-10,12H,11H2,1H3,(H,22,26). The maximum absolute atomic E-state index is 13.1. The highest BCUT2D eigenvalue weighted by Gasteiger charge is 2.20. The molecule has 1 aliphatic heterocycles. The molecule has 0 aliphatic carbocycles. The van der Waals surface area contributed by atoms with Crippen LogP contribution in [0.25, 0.3) is 11.3 Å². The molecule has 0 radical (unpaired) electrons. The summed E-state index contributed by atoms with van der Waals surface area (Å²) in [5.74, 6) is 0.369. The van der Waals surface area contributed by atoms with Crippen LogP contribution < -0.4 is 20.3 Å². The third-order valence-corrected chi connectivity index (χ3v) is 4.35. The zero-order chi connectivity index (χ0) is 19.7. The van der Waals surface area contributed by atoms with Crippen LogP contribution in [0, 0.1) is 5.82 Å². The van der Waals surface area contributed by atoms with Crippen molar-refractivity contribution in [1.29, 1.82) is 0 Å². The number of benzene rings is 2. The summed E-state index contributed by atoms with van der Waals surface area (Å²) >= 11 is 0. The number of hydrogen-bond donors (Lipinski definition) is 1. The van der Waals surface area contributed by atoms with Crippen LogP contribution in [0.15, 0.2) is 59.4 Å². The first-order valence-electron chi connectivity index (χ1n) is 8.57. The van der Waals surface area contributed by atoms with Gasteiger partial charge in [-0.2, -0.15) is 5.10 Å². The molecule has 0 fully saturated rings. The second-order valence-electron chi connectivity index (χ2n) is 6.24. The Bertz CT molecular complexity index is 1100. The first-order chi connectivity index (χ1) is 13.5. The number of amides is 1. The smallest absolute Gasteiger partial charge is 0.267 e. The molecule has 142 valence electrons. The normalized spacial score (nSPS) is 13.2. The third kappa shape index (κ3) is 3.44. The third-order valence-electron chi connectivity index (χ3n) is 4.35. The number of halogens is 1. The number of carbonyl (C=O) groups excluding carboxylic acids is 1. The lowest BCUT2D eigenvalue weighted by Gasteiger charge is -2.15. The highest BCUT2D eigenvalue weighted by Crippen LogP contribution is 2.34. The fraction of sp³-hybridized carbons (Fsp3) is 0.150. The number of nitrogens with zero attached hydrogens (tertiary/aromatic N) is 2. The van der Waals surface area contributed by atoms with Crippen molar-refractivity contribution in [2.24, 2.45) is 0 Å². The van der Waals surface area contributed by atoms with Gasteiger partial charge in [-0.05, 0) is 49.4 Å². The SMILES string of the molecule is CC(C(=O)Nc1ccc2c(c1)OCO2)n1nc(-c2ccc(F)cc2)ccc1=O. The summed E-state index contributed by atoms with van der Waals surface area (Å²) in [4.78, 5) is 24.9. The van der Waals surface area contributed by atoms with Gasteiger partial charge in [-0.1, -0.05) is 0 Å². The molecule has 1 aromatic heterocycles. The maximum atomic E-state index is 13.1. The van der Waals surface area contributed by atoms with Gasteiger partial charge >= 0.3 is 0 Å². The van der Waals surface area contributed by atoms with Crippen molar-refractivity contribution in [2.45, 2.75) is 13.0 Å². The van der Waals surface area contributed by atoms with Gasteiger partial charge in [-0.15, -0.1) is 0 Å². The molecule has 0 spiro atoms. The minimum Gasteiger partial charge on any atom is -0.454 e. The lowest BCUT2D eigenvalue weighted by atomic mass is 10.1. The molecular formula is C20H16FN3O4. The van der Waals surface area contributed by atoms with E-state index in [1.54, 1.807) is 37.3 Å². The molecule has 0 bridgehead atoms. The van der Waals surface area contributed by atoms with Gasteiger partial charge in [0, 0.05) is 23.4 Å². The van der Waals surface area contributed by atoms with Crippen LogP contribution in [-0.2, 0) is 4.79 Å². The second kappa shape index (κ2) is 7.15. The minimum atomic E-state index is -0.863. The molecule has 1 atom stereocenters. The summed E-state index contributed by atoms with van der Waals surface area (Å²) in [6.07, 6.45) is 0. The predicted molar refractivity (Wildman–Crippen MR) is 99.8 cm³/mol. The van der Waals surface area contributed by atoms with Crippen LogP contribution in [-0.4, -0.2) is 22.5 Å². The first kappa shape index (κ1) is 17.7. The summed E-state index contributed by atoms with van der Waals surface area (Å²) in [6, 6.07) is 12.8. The summed E-state index contributed by atoms with van der Waals surface area (Å²) < 4.78 is 24.8. The van der Waals surface area contributed by atoms with Crippen LogP contribution in [0.4, 0.5) is 10.1 Å². The Morgan fingerprint density at radius 2 is 1.86 bits per heavy atom. The van der Waals surface area contributed by atoms with E-state index in [0.717, 1.165) is 4.68 Å². The van der Waals surface area contributed by atoms with Crippen molar-refractivity contribution in [1.82, 2.24) is 9.78 Å². The average Bonchev–Trinajstić information content (AvgIpc) is 3.16. The number of rotatable bonds is 4. The number of nitrogens with one attached hydrogen (secondary N) is 1. The Balaban J connectivity index is 1.57. The van der Waals surface area contributed by atoms with Crippen molar-refractivity contribution in [3.63, 3.8) is 0 Å². The number of hydrogen-bond acceptors (Lipinski definition) is 5. The van der Waals surface area contributed by atoms with Crippen molar-refractivity contribution < 1.29 is 18.7 Å². The van der Waals surface area contributed by atoms with Crippen LogP contribution in [0.3, 0.4) is 0 Å². The predicted octanol–water partition coefficient (Wildman–Crippen LogP) is 2.98. The molecule has 0 saturated carbocycles. The largest absolute Gasteiger partial charge is 0.454 e. The second-order valence-corrected chi connectivity index (χ2v) is 6.24. The molecule has 2 aromatic carbocycles. The van der Waals surface area contributed by atoms with E-state index in [2.05, 4.69) is 10.4 Å². The number of aromatic nitrogens is 2. The van der Waals surface area contributed by atoms with Gasteiger partial charge in [0.15, 0.2) is 11.5 Å². The van der Waals surface area contributed by atoms with Gasteiger partial charge in [0.2, 0.25) is 12.7 Å². The maximum Gasteiger partial charge on any atom is 0.267 e. The van der Waals surface area contributed by atoms with Gasteiger partial charge in [-0.3, -0.25) is 9.59 Å². The van der Waals surface area contributed by atoms with Crippen molar-refractivity contribution >= 4 is 11.6 Å². The van der Waals surface area contributed by atoms with Gasteiger partial charge in [-0.25, -0.2) is 9.07 Å². The molecule has 1 N–H and O–H groups in total. The van der Waals surface area contributed by atoms with Crippen LogP contribution in [0.2, 0.25) is 0 Å². The highest BCUT2D eigenvalue weighted by atomic mass is 19.1. The zero-order valence-electron chi connectivity index (χ0n) is 14.9. The molecule has 7 nitrogen and oxygen atoms in total. The van der Waals surface area contributed by atoms with Crippen molar-refractivity contribution in [3.05, 3.63) is 70.8 Å².